The molecule has 3 fully saturated rings. The van der Waals surface area contributed by atoms with Crippen molar-refractivity contribution in [3.05, 3.63) is 0 Å². The Kier molecular flexibility index (Phi) is 3.15. The van der Waals surface area contributed by atoms with E-state index in [1.54, 1.807) is 0 Å². The van der Waals surface area contributed by atoms with Crippen molar-refractivity contribution in [2.75, 3.05) is 50.8 Å². The molecule has 3 saturated heterocycles. The maximum absolute atomic E-state index is 11.5. The number of nitrogens with zero attached hydrogens (tertiary/aromatic N) is 2. The highest BCUT2D eigenvalue weighted by molar-refractivity contribution is 7.91. The molecule has 3 rings (SSSR count). The topological polar surface area (TPSA) is 52.7 Å². The fraction of sp³-hybridized carbons (Fsp3) is 1.00. The first-order valence-electron chi connectivity index (χ1n) is 6.53. The molecule has 1 N–H and O–H groups in total. The van der Waals surface area contributed by atoms with E-state index in [4.69, 9.17) is 0 Å². The van der Waals surface area contributed by atoms with Gasteiger partial charge in [-0.3, -0.25) is 9.80 Å². The first-order chi connectivity index (χ1) is 8.14. The maximum Gasteiger partial charge on any atom is 0.151 e. The molecule has 0 aromatic carbocycles. The molecule has 0 aliphatic carbocycles. The van der Waals surface area contributed by atoms with Crippen molar-refractivity contribution in [1.82, 2.24) is 15.1 Å². The molecule has 3 heterocycles. The Balaban J connectivity index is 1.62. The van der Waals surface area contributed by atoms with Crippen LogP contribution in [0, 0.1) is 0 Å². The van der Waals surface area contributed by atoms with E-state index < -0.39 is 9.84 Å². The summed E-state index contributed by atoms with van der Waals surface area (Å²) in [6.45, 7) is 6.46. The molecule has 0 radical (unpaired) electrons. The molecule has 5 nitrogen and oxygen atoms in total. The lowest BCUT2D eigenvalue weighted by Crippen LogP contribution is -2.62. The molecule has 17 heavy (non-hydrogen) atoms. The average Bonchev–Trinajstić information content (AvgIpc) is 2.69. The molecule has 3 aliphatic heterocycles. The van der Waals surface area contributed by atoms with E-state index in [9.17, 15) is 8.42 Å². The Morgan fingerprint density at radius 3 is 2.65 bits per heavy atom. The third kappa shape index (κ3) is 2.50. The smallest absolute Gasteiger partial charge is 0.151 e. The van der Waals surface area contributed by atoms with Gasteiger partial charge in [0.1, 0.15) is 0 Å². The second kappa shape index (κ2) is 4.50. The summed E-state index contributed by atoms with van der Waals surface area (Å²) in [5, 5.41) is 3.42. The Bertz CT molecular complexity index is 384. The molecule has 0 spiro atoms. The van der Waals surface area contributed by atoms with E-state index in [2.05, 4.69) is 15.1 Å². The van der Waals surface area contributed by atoms with Crippen molar-refractivity contribution in [2.24, 2.45) is 0 Å². The zero-order chi connectivity index (χ0) is 11.9. The number of piperazine rings is 2. The zero-order valence-corrected chi connectivity index (χ0v) is 11.0. The molecular weight excluding hydrogens is 238 g/mol. The van der Waals surface area contributed by atoms with Crippen LogP contribution >= 0.6 is 0 Å². The second-order valence-electron chi connectivity index (χ2n) is 5.45. The third-order valence-electron chi connectivity index (χ3n) is 4.32. The van der Waals surface area contributed by atoms with Gasteiger partial charge >= 0.3 is 0 Å². The highest BCUT2D eigenvalue weighted by Crippen LogP contribution is 2.21. The van der Waals surface area contributed by atoms with Crippen LogP contribution in [-0.4, -0.2) is 81.1 Å². The minimum absolute atomic E-state index is 0.282. The quantitative estimate of drug-likeness (QED) is 0.638. The van der Waals surface area contributed by atoms with Crippen LogP contribution < -0.4 is 5.32 Å². The van der Waals surface area contributed by atoms with Gasteiger partial charge in [0, 0.05) is 51.4 Å². The van der Waals surface area contributed by atoms with Gasteiger partial charge < -0.3 is 5.32 Å². The summed E-state index contributed by atoms with van der Waals surface area (Å²) in [4.78, 5) is 4.94. The van der Waals surface area contributed by atoms with Crippen molar-refractivity contribution in [1.29, 1.82) is 0 Å². The number of nitrogens with one attached hydrogen (secondary N) is 1. The summed E-state index contributed by atoms with van der Waals surface area (Å²) >= 11 is 0. The summed E-state index contributed by atoms with van der Waals surface area (Å²) in [6, 6.07) is 0.866. The van der Waals surface area contributed by atoms with Crippen molar-refractivity contribution in [3.8, 4) is 0 Å². The average molecular weight is 259 g/mol. The molecule has 2 unspecified atom stereocenters. The molecule has 0 bridgehead atoms. The van der Waals surface area contributed by atoms with E-state index in [1.807, 2.05) is 0 Å². The van der Waals surface area contributed by atoms with Crippen LogP contribution in [0.15, 0.2) is 0 Å². The van der Waals surface area contributed by atoms with Crippen molar-refractivity contribution in [2.45, 2.75) is 18.5 Å². The fourth-order valence-electron chi connectivity index (χ4n) is 3.29. The predicted molar refractivity (Wildman–Crippen MR) is 66.9 cm³/mol. The number of rotatable bonds is 1. The van der Waals surface area contributed by atoms with E-state index in [-0.39, 0.29) is 6.04 Å². The molecule has 98 valence electrons. The van der Waals surface area contributed by atoms with Gasteiger partial charge in [-0.1, -0.05) is 0 Å². The maximum atomic E-state index is 11.5. The fourth-order valence-corrected chi connectivity index (χ4v) is 5.05. The highest BCUT2D eigenvalue weighted by atomic mass is 32.2. The number of hydrogen-bond acceptors (Lipinski definition) is 5. The Labute approximate surface area is 103 Å². The van der Waals surface area contributed by atoms with E-state index in [0.29, 0.717) is 17.5 Å². The Hall–Kier alpha value is -0.170. The standard InChI is InChI=1S/C11H21N3O2S/c15-17(16)6-1-10(9-17)14-5-4-13-3-2-12-7-11(13)8-14/h10-12H,1-9H2. The summed E-state index contributed by atoms with van der Waals surface area (Å²) in [5.41, 5.74) is 0. The minimum Gasteiger partial charge on any atom is -0.314 e. The summed E-state index contributed by atoms with van der Waals surface area (Å²) in [6.07, 6.45) is 0.836. The normalized spacial score (nSPS) is 39.1. The first kappa shape index (κ1) is 11.9. The van der Waals surface area contributed by atoms with Crippen LogP contribution in [-0.2, 0) is 9.84 Å². The lowest BCUT2D eigenvalue weighted by molar-refractivity contribution is 0.0402. The zero-order valence-electron chi connectivity index (χ0n) is 10.1. The third-order valence-corrected chi connectivity index (χ3v) is 6.07. The number of fused-ring (bicyclic) bond motifs is 1. The Morgan fingerprint density at radius 2 is 1.88 bits per heavy atom. The molecule has 0 saturated carbocycles. The SMILES string of the molecule is O=S1(=O)CCC(N2CCN3CCNCC3C2)C1. The summed E-state index contributed by atoms with van der Waals surface area (Å²) in [5.74, 6) is 0.772. The van der Waals surface area contributed by atoms with Crippen LogP contribution in [0.4, 0.5) is 0 Å². The van der Waals surface area contributed by atoms with E-state index in [1.165, 1.54) is 0 Å². The molecule has 0 amide bonds. The first-order valence-corrected chi connectivity index (χ1v) is 8.35. The van der Waals surface area contributed by atoms with Crippen LogP contribution in [0.5, 0.6) is 0 Å². The van der Waals surface area contributed by atoms with Gasteiger partial charge in [0.25, 0.3) is 0 Å². The van der Waals surface area contributed by atoms with Crippen LogP contribution in [0.25, 0.3) is 0 Å². The molecule has 2 atom stereocenters. The predicted octanol–water partition coefficient (Wildman–Crippen LogP) is -1.24. The van der Waals surface area contributed by atoms with Gasteiger partial charge in [0.2, 0.25) is 0 Å². The molecule has 0 aromatic heterocycles. The lowest BCUT2D eigenvalue weighted by Gasteiger charge is -2.45. The van der Waals surface area contributed by atoms with Gasteiger partial charge in [0.05, 0.1) is 11.5 Å². The van der Waals surface area contributed by atoms with E-state index in [0.717, 1.165) is 45.7 Å². The number of hydrogen-bond donors (Lipinski definition) is 1. The largest absolute Gasteiger partial charge is 0.314 e. The van der Waals surface area contributed by atoms with Crippen molar-refractivity contribution >= 4 is 9.84 Å². The Morgan fingerprint density at radius 1 is 1.06 bits per heavy atom. The number of sulfone groups is 1. The molecule has 3 aliphatic rings. The minimum atomic E-state index is -2.74. The molecule has 0 aromatic rings. The van der Waals surface area contributed by atoms with Crippen LogP contribution in [0.2, 0.25) is 0 Å². The molecular formula is C11H21N3O2S. The van der Waals surface area contributed by atoms with Crippen molar-refractivity contribution < 1.29 is 8.42 Å². The van der Waals surface area contributed by atoms with Crippen molar-refractivity contribution in [3.63, 3.8) is 0 Å². The monoisotopic (exact) mass is 259 g/mol. The van der Waals surface area contributed by atoms with E-state index >= 15 is 0 Å². The lowest BCUT2D eigenvalue weighted by atomic mass is 10.1. The van der Waals surface area contributed by atoms with Gasteiger partial charge in [-0.05, 0) is 6.42 Å². The summed E-state index contributed by atoms with van der Waals surface area (Å²) < 4.78 is 23.0. The van der Waals surface area contributed by atoms with Gasteiger partial charge in [-0.25, -0.2) is 8.42 Å². The van der Waals surface area contributed by atoms with Crippen LogP contribution in [0.3, 0.4) is 0 Å². The molecule has 6 heteroatoms. The van der Waals surface area contributed by atoms with Crippen LogP contribution in [0.1, 0.15) is 6.42 Å². The van der Waals surface area contributed by atoms with Gasteiger partial charge in [0.15, 0.2) is 9.84 Å². The summed E-state index contributed by atoms with van der Waals surface area (Å²) in [7, 11) is -2.74. The second-order valence-corrected chi connectivity index (χ2v) is 7.67. The van der Waals surface area contributed by atoms with Gasteiger partial charge in [-0.2, -0.15) is 0 Å². The highest BCUT2D eigenvalue weighted by Gasteiger charge is 2.37. The van der Waals surface area contributed by atoms with Gasteiger partial charge in [-0.15, -0.1) is 0 Å².